The van der Waals surface area contributed by atoms with Crippen LogP contribution in [0.25, 0.3) is 0 Å². The molecular weight excluding hydrogens is 328 g/mol. The van der Waals surface area contributed by atoms with E-state index in [1.807, 2.05) is 6.92 Å². The van der Waals surface area contributed by atoms with Gasteiger partial charge in [-0.25, -0.2) is 0 Å². The molecule has 1 aliphatic heterocycles. The van der Waals surface area contributed by atoms with Gasteiger partial charge in [0.05, 0.1) is 18.8 Å². The third-order valence-electron chi connectivity index (χ3n) is 4.92. The second-order valence-electron chi connectivity index (χ2n) is 7.81. The first-order valence-electron chi connectivity index (χ1n) is 10.6. The Morgan fingerprint density at radius 3 is 2.44 bits per heavy atom. The zero-order valence-electron chi connectivity index (χ0n) is 17.1. The monoisotopic (exact) mass is 370 g/mol. The molecule has 1 heterocycles. The molecule has 3 nitrogen and oxygen atoms in total. The molecule has 0 saturated carbocycles. The molecule has 1 aliphatic rings. The van der Waals surface area contributed by atoms with Crippen LogP contribution in [0.3, 0.4) is 0 Å². The molecule has 1 rings (SSSR count). The molecule has 1 fully saturated rings. The molecule has 2 atom stereocenters. The van der Waals surface area contributed by atoms with E-state index in [0.29, 0.717) is 13.2 Å². The van der Waals surface area contributed by atoms with Crippen LogP contribution in [0, 0.1) is 0 Å². The van der Waals surface area contributed by atoms with Crippen LogP contribution < -0.4 is 0 Å². The SMILES string of the molecule is C=C(C)COCC(CCC)(CCCCCCCC)O[SiH]1CCCCO1. The summed E-state index contributed by atoms with van der Waals surface area (Å²) in [7, 11) is -1.52. The van der Waals surface area contributed by atoms with Crippen LogP contribution in [0.5, 0.6) is 0 Å². The lowest BCUT2D eigenvalue weighted by molar-refractivity contribution is -0.0531. The van der Waals surface area contributed by atoms with Crippen LogP contribution >= 0.6 is 0 Å². The summed E-state index contributed by atoms with van der Waals surface area (Å²) in [5.74, 6) is 0. The first-order valence-corrected chi connectivity index (χ1v) is 12.4. The van der Waals surface area contributed by atoms with Gasteiger partial charge in [0.25, 0.3) is 0 Å². The van der Waals surface area contributed by atoms with Crippen molar-refractivity contribution in [3.8, 4) is 0 Å². The van der Waals surface area contributed by atoms with Gasteiger partial charge in [0.15, 0.2) is 0 Å². The number of rotatable bonds is 15. The van der Waals surface area contributed by atoms with Crippen molar-refractivity contribution in [2.45, 2.75) is 103 Å². The van der Waals surface area contributed by atoms with Crippen LogP contribution in [0.15, 0.2) is 12.2 Å². The van der Waals surface area contributed by atoms with Gasteiger partial charge in [-0.15, -0.1) is 0 Å². The summed E-state index contributed by atoms with van der Waals surface area (Å²) in [6.45, 7) is 12.7. The minimum atomic E-state index is -1.52. The zero-order chi connectivity index (χ0) is 18.4. The molecule has 2 unspecified atom stereocenters. The topological polar surface area (TPSA) is 27.7 Å². The van der Waals surface area contributed by atoms with E-state index in [9.17, 15) is 0 Å². The second-order valence-corrected chi connectivity index (χ2v) is 9.82. The number of hydrogen-bond acceptors (Lipinski definition) is 3. The minimum absolute atomic E-state index is 0.136. The molecule has 0 spiro atoms. The first kappa shape index (κ1) is 22.9. The summed E-state index contributed by atoms with van der Waals surface area (Å²) in [6, 6.07) is 1.16. The van der Waals surface area contributed by atoms with Gasteiger partial charge in [-0.2, -0.15) is 0 Å². The molecule has 0 amide bonds. The summed E-state index contributed by atoms with van der Waals surface area (Å²) in [4.78, 5) is 0. The van der Waals surface area contributed by atoms with E-state index in [4.69, 9.17) is 13.6 Å². The third kappa shape index (κ3) is 10.5. The maximum absolute atomic E-state index is 6.69. The van der Waals surface area contributed by atoms with Crippen molar-refractivity contribution in [2.75, 3.05) is 19.8 Å². The normalized spacial score (nSPS) is 20.4. The fourth-order valence-corrected chi connectivity index (χ4v) is 5.86. The van der Waals surface area contributed by atoms with Crippen molar-refractivity contribution >= 4 is 9.28 Å². The van der Waals surface area contributed by atoms with Gasteiger partial charge in [0.2, 0.25) is 0 Å². The highest BCUT2D eigenvalue weighted by molar-refractivity contribution is 6.44. The number of unbranched alkanes of at least 4 members (excludes halogenated alkanes) is 5. The Balaban J connectivity index is 2.57. The highest BCUT2D eigenvalue weighted by Gasteiger charge is 2.35. The molecule has 4 heteroatoms. The van der Waals surface area contributed by atoms with Crippen molar-refractivity contribution in [2.24, 2.45) is 0 Å². The van der Waals surface area contributed by atoms with Gasteiger partial charge in [-0.3, -0.25) is 0 Å². The van der Waals surface area contributed by atoms with Crippen molar-refractivity contribution in [3.05, 3.63) is 12.2 Å². The summed E-state index contributed by atoms with van der Waals surface area (Å²) in [5, 5.41) is 0. The first-order chi connectivity index (χ1) is 12.1. The van der Waals surface area contributed by atoms with Crippen molar-refractivity contribution in [1.29, 1.82) is 0 Å². The van der Waals surface area contributed by atoms with Gasteiger partial charge < -0.3 is 13.6 Å². The molecule has 0 aliphatic carbocycles. The van der Waals surface area contributed by atoms with Gasteiger partial charge in [0.1, 0.15) is 0 Å². The Labute approximate surface area is 158 Å². The number of ether oxygens (including phenoxy) is 1. The molecule has 148 valence electrons. The molecule has 0 bridgehead atoms. The van der Waals surface area contributed by atoms with E-state index in [0.717, 1.165) is 37.5 Å². The average Bonchev–Trinajstić information content (AvgIpc) is 2.59. The van der Waals surface area contributed by atoms with Crippen LogP contribution in [0.4, 0.5) is 0 Å². The van der Waals surface area contributed by atoms with E-state index in [2.05, 4.69) is 20.4 Å². The average molecular weight is 371 g/mol. The van der Waals surface area contributed by atoms with Gasteiger partial charge >= 0.3 is 9.28 Å². The quantitative estimate of drug-likeness (QED) is 0.203. The lowest BCUT2D eigenvalue weighted by Gasteiger charge is -2.38. The minimum Gasteiger partial charge on any atom is -0.397 e. The predicted octanol–water partition coefficient (Wildman–Crippen LogP) is 5.92. The lowest BCUT2D eigenvalue weighted by atomic mass is 9.92. The Bertz CT molecular complexity index is 342. The fraction of sp³-hybridized carbons (Fsp3) is 0.905. The fourth-order valence-electron chi connectivity index (χ4n) is 3.60. The largest absolute Gasteiger partial charge is 0.397 e. The molecule has 25 heavy (non-hydrogen) atoms. The summed E-state index contributed by atoms with van der Waals surface area (Å²) >= 11 is 0. The standard InChI is InChI=1S/C21H42O3Si/c1-5-7-8-9-10-11-15-21(14-6-2,19-22-18-20(3)4)24-25-17-13-12-16-23-25/h25H,3,5-19H2,1-2,4H3. The molecule has 0 aromatic heterocycles. The maximum Gasteiger partial charge on any atom is 0.321 e. The predicted molar refractivity (Wildman–Crippen MR) is 109 cm³/mol. The molecular formula is C21H42O3Si. The number of hydrogen-bond donors (Lipinski definition) is 0. The smallest absolute Gasteiger partial charge is 0.321 e. The van der Waals surface area contributed by atoms with E-state index in [1.165, 1.54) is 51.4 Å². The van der Waals surface area contributed by atoms with Gasteiger partial charge in [-0.05, 0) is 38.7 Å². The van der Waals surface area contributed by atoms with E-state index in [1.54, 1.807) is 0 Å². The lowest BCUT2D eigenvalue weighted by Crippen LogP contribution is -2.45. The van der Waals surface area contributed by atoms with Gasteiger partial charge in [0, 0.05) is 6.61 Å². The molecule has 0 N–H and O–H groups in total. The Morgan fingerprint density at radius 1 is 1.04 bits per heavy atom. The highest BCUT2D eigenvalue weighted by atomic mass is 28.3. The summed E-state index contributed by atoms with van der Waals surface area (Å²) < 4.78 is 18.7. The molecule has 0 aromatic rings. The second kappa shape index (κ2) is 14.0. The highest BCUT2D eigenvalue weighted by Crippen LogP contribution is 2.30. The Morgan fingerprint density at radius 2 is 1.80 bits per heavy atom. The summed E-state index contributed by atoms with van der Waals surface area (Å²) in [5.41, 5.74) is 0.944. The van der Waals surface area contributed by atoms with Crippen molar-refractivity contribution < 1.29 is 13.6 Å². The third-order valence-corrected chi connectivity index (χ3v) is 7.17. The Kier molecular flexibility index (Phi) is 12.8. The zero-order valence-corrected chi connectivity index (χ0v) is 18.3. The maximum atomic E-state index is 6.69. The molecule has 0 aromatic carbocycles. The van der Waals surface area contributed by atoms with Crippen LogP contribution in [0.1, 0.15) is 91.4 Å². The molecule has 0 radical (unpaired) electrons. The van der Waals surface area contributed by atoms with Crippen molar-refractivity contribution in [1.82, 2.24) is 0 Å². The van der Waals surface area contributed by atoms with Crippen LogP contribution in [-0.2, 0) is 13.6 Å². The van der Waals surface area contributed by atoms with Crippen LogP contribution in [0.2, 0.25) is 6.04 Å². The van der Waals surface area contributed by atoms with Gasteiger partial charge in [-0.1, -0.05) is 70.9 Å². The molecule has 1 saturated heterocycles. The summed E-state index contributed by atoms with van der Waals surface area (Å²) in [6.07, 6.45) is 13.7. The van der Waals surface area contributed by atoms with E-state index in [-0.39, 0.29) is 5.60 Å². The van der Waals surface area contributed by atoms with Crippen LogP contribution in [-0.4, -0.2) is 34.7 Å². The Hall–Kier alpha value is -0.163. The van der Waals surface area contributed by atoms with Crippen molar-refractivity contribution in [3.63, 3.8) is 0 Å². The van der Waals surface area contributed by atoms with E-state index < -0.39 is 9.28 Å². The van der Waals surface area contributed by atoms with E-state index >= 15 is 0 Å².